The molecule has 79 heavy (non-hydrogen) atoms. The first-order valence-corrected chi connectivity index (χ1v) is 28.6. The van der Waals surface area contributed by atoms with Crippen LogP contribution < -0.4 is 26.2 Å². The van der Waals surface area contributed by atoms with Gasteiger partial charge in [0.25, 0.3) is 6.71 Å². The van der Waals surface area contributed by atoms with Crippen molar-refractivity contribution in [2.75, 3.05) is 9.80 Å². The van der Waals surface area contributed by atoms with Crippen molar-refractivity contribution in [3.05, 3.63) is 202 Å². The average Bonchev–Trinajstić information content (AvgIpc) is 3.56. The van der Waals surface area contributed by atoms with Crippen molar-refractivity contribution in [2.24, 2.45) is 0 Å². The molecule has 13 rings (SSSR count). The smallest absolute Gasteiger partial charge is 0.252 e. The van der Waals surface area contributed by atoms with Gasteiger partial charge in [0.2, 0.25) is 0 Å². The zero-order valence-corrected chi connectivity index (χ0v) is 49.3. The summed E-state index contributed by atoms with van der Waals surface area (Å²) in [5.74, 6) is 0. The molecule has 0 bridgehead atoms. The molecule has 0 N–H and O–H groups in total. The van der Waals surface area contributed by atoms with E-state index in [0.717, 1.165) is 27.6 Å². The van der Waals surface area contributed by atoms with E-state index >= 15 is 0 Å². The third kappa shape index (κ3) is 7.92. The Labute approximate surface area is 468 Å². The molecule has 2 aliphatic rings. The zero-order chi connectivity index (χ0) is 55.6. The summed E-state index contributed by atoms with van der Waals surface area (Å²) in [7, 11) is 0. The minimum absolute atomic E-state index is 0.00277. The highest BCUT2D eigenvalue weighted by Gasteiger charge is 2.46. The molecule has 0 radical (unpaired) electrons. The highest BCUT2D eigenvalue weighted by atomic mass is 16.3. The van der Waals surface area contributed by atoms with E-state index in [1.54, 1.807) is 0 Å². The van der Waals surface area contributed by atoms with E-state index in [1.165, 1.54) is 128 Å². The van der Waals surface area contributed by atoms with Crippen LogP contribution in [-0.4, -0.2) is 11.3 Å². The first-order valence-electron chi connectivity index (χ1n) is 28.6. The van der Waals surface area contributed by atoms with E-state index < -0.39 is 0 Å². The largest absolute Gasteiger partial charge is 0.456 e. The van der Waals surface area contributed by atoms with Gasteiger partial charge in [0.15, 0.2) is 0 Å². The van der Waals surface area contributed by atoms with Crippen molar-refractivity contribution in [3.63, 3.8) is 0 Å². The van der Waals surface area contributed by atoms with Crippen molar-refractivity contribution in [2.45, 2.75) is 132 Å². The number of aromatic nitrogens is 1. The summed E-state index contributed by atoms with van der Waals surface area (Å²) < 4.78 is 9.00. The van der Waals surface area contributed by atoms with Crippen LogP contribution in [0.4, 0.5) is 34.1 Å². The predicted octanol–water partition coefficient (Wildman–Crippen LogP) is 18.9. The minimum Gasteiger partial charge on any atom is -0.456 e. The third-order valence-electron chi connectivity index (χ3n) is 17.6. The lowest BCUT2D eigenvalue weighted by Gasteiger charge is -2.46. The van der Waals surface area contributed by atoms with Crippen LogP contribution in [0, 0.1) is 27.7 Å². The van der Waals surface area contributed by atoms with Gasteiger partial charge < -0.3 is 18.8 Å². The average molecular weight is 1030 g/mol. The van der Waals surface area contributed by atoms with Gasteiger partial charge in [-0.1, -0.05) is 168 Å². The van der Waals surface area contributed by atoms with Crippen LogP contribution in [-0.2, 0) is 21.7 Å². The van der Waals surface area contributed by atoms with Gasteiger partial charge in [-0.25, -0.2) is 0 Å². The second-order valence-corrected chi connectivity index (χ2v) is 27.3. The van der Waals surface area contributed by atoms with Crippen molar-refractivity contribution in [1.82, 2.24) is 4.57 Å². The minimum atomic E-state index is -0.177. The molecule has 2 aliphatic heterocycles. The number of hydrogen-bond acceptors (Lipinski definition) is 3. The van der Waals surface area contributed by atoms with Gasteiger partial charge >= 0.3 is 0 Å². The lowest BCUT2D eigenvalue weighted by atomic mass is 9.33. The molecule has 0 saturated carbocycles. The molecular weight excluding hydrogens is 958 g/mol. The Balaban J connectivity index is 1.19. The molecule has 5 heteroatoms. The number of fused-ring (bicyclic) bond motifs is 10. The Morgan fingerprint density at radius 1 is 0.380 bits per heavy atom. The fourth-order valence-corrected chi connectivity index (χ4v) is 13.4. The van der Waals surface area contributed by atoms with Crippen molar-refractivity contribution >= 4 is 101 Å². The number of benzene rings is 9. The molecule has 0 unspecified atom stereocenters. The molecule has 0 saturated heterocycles. The maximum Gasteiger partial charge on any atom is 0.252 e. The molecule has 11 aromatic rings. The summed E-state index contributed by atoms with van der Waals surface area (Å²) in [5.41, 5.74) is 29.2. The maximum absolute atomic E-state index is 6.48. The lowest BCUT2D eigenvalue weighted by molar-refractivity contribution is 0.589. The first-order chi connectivity index (χ1) is 37.4. The van der Waals surface area contributed by atoms with Crippen LogP contribution in [0.15, 0.2) is 162 Å². The van der Waals surface area contributed by atoms with E-state index in [9.17, 15) is 0 Å². The standard InChI is InChI=1S/C74H74BN3O/c1-43-33-47(53-26-22-28-66-67(53)54-25-20-21-27-65(54)79-66)34-44(2)69(43)78-62-42-61-56(55-37-48(71(5,6)7)29-31-59(55)76(61)52-23-18-17-19-24-52)41-58(62)75-57-38-49(72(8,9)10)30-32-60(57)77(63-39-51(74(14,15)16)40-64(78)68(63)75)70-45(3)35-50(36-46(70)4)73(11,12)13/h17-42H,1-16H3. The van der Waals surface area contributed by atoms with Crippen LogP contribution in [0.1, 0.15) is 128 Å². The van der Waals surface area contributed by atoms with Crippen LogP contribution in [0.5, 0.6) is 0 Å². The summed E-state index contributed by atoms with van der Waals surface area (Å²) in [4.78, 5) is 5.36. The molecule has 2 aromatic heterocycles. The van der Waals surface area contributed by atoms with Gasteiger partial charge in [-0.3, -0.25) is 0 Å². The number of para-hydroxylation sites is 2. The summed E-state index contributed by atoms with van der Waals surface area (Å²) in [6, 6.07) is 60.6. The van der Waals surface area contributed by atoms with Gasteiger partial charge in [-0.15, -0.1) is 0 Å². The van der Waals surface area contributed by atoms with Gasteiger partial charge in [0, 0.05) is 50.0 Å². The van der Waals surface area contributed by atoms with Crippen molar-refractivity contribution in [3.8, 4) is 16.8 Å². The summed E-state index contributed by atoms with van der Waals surface area (Å²) in [6.07, 6.45) is 0. The number of nitrogens with zero attached hydrogens (tertiary/aromatic N) is 3. The predicted molar refractivity (Wildman–Crippen MR) is 341 cm³/mol. The molecule has 9 aromatic carbocycles. The summed E-state index contributed by atoms with van der Waals surface area (Å²) in [6.45, 7) is 37.5. The van der Waals surface area contributed by atoms with E-state index in [2.05, 4.69) is 283 Å². The number of hydrogen-bond donors (Lipinski definition) is 0. The molecule has 0 atom stereocenters. The van der Waals surface area contributed by atoms with Gasteiger partial charge in [-0.05, 0) is 194 Å². The van der Waals surface area contributed by atoms with Crippen molar-refractivity contribution < 1.29 is 4.42 Å². The van der Waals surface area contributed by atoms with Crippen molar-refractivity contribution in [1.29, 1.82) is 0 Å². The Hall–Kier alpha value is -7.76. The van der Waals surface area contributed by atoms with E-state index in [4.69, 9.17) is 4.42 Å². The quantitative estimate of drug-likeness (QED) is 0.164. The number of rotatable bonds is 4. The number of aryl methyl sites for hydroxylation is 4. The molecular formula is C74H74BN3O. The molecule has 0 amide bonds. The topological polar surface area (TPSA) is 24.6 Å². The highest BCUT2D eigenvalue weighted by Crippen LogP contribution is 2.51. The number of furan rings is 1. The molecule has 0 spiro atoms. The van der Waals surface area contributed by atoms with Crippen LogP contribution >= 0.6 is 0 Å². The third-order valence-corrected chi connectivity index (χ3v) is 17.6. The van der Waals surface area contributed by atoms with Gasteiger partial charge in [0.05, 0.1) is 22.4 Å². The van der Waals surface area contributed by atoms with Crippen LogP contribution in [0.2, 0.25) is 0 Å². The lowest BCUT2D eigenvalue weighted by Crippen LogP contribution is -2.61. The van der Waals surface area contributed by atoms with Crippen LogP contribution in [0.3, 0.4) is 0 Å². The van der Waals surface area contributed by atoms with Gasteiger partial charge in [0.1, 0.15) is 11.2 Å². The monoisotopic (exact) mass is 1030 g/mol. The first kappa shape index (κ1) is 50.7. The fourth-order valence-electron chi connectivity index (χ4n) is 13.4. The molecule has 0 fully saturated rings. The van der Waals surface area contributed by atoms with Gasteiger partial charge in [-0.2, -0.15) is 0 Å². The molecule has 0 aliphatic carbocycles. The number of anilines is 6. The Morgan fingerprint density at radius 3 is 1.53 bits per heavy atom. The second-order valence-electron chi connectivity index (χ2n) is 27.3. The van der Waals surface area contributed by atoms with E-state index in [-0.39, 0.29) is 28.4 Å². The summed E-state index contributed by atoms with van der Waals surface area (Å²) >= 11 is 0. The maximum atomic E-state index is 6.48. The Bertz CT molecular complexity index is 4300. The fraction of sp³-hybridized carbons (Fsp3) is 0.270. The Morgan fingerprint density at radius 2 is 0.899 bits per heavy atom. The highest BCUT2D eigenvalue weighted by molar-refractivity contribution is 7.00. The SMILES string of the molecule is Cc1cc(C(C)(C)C)cc(C)c1N1c2ccc(C(C)(C)C)cc2B2c3cc4c5cc(C(C)(C)C)ccc5n(-c5ccccc5)c4cc3N(c3c(C)cc(-c4cccc5oc6ccccc6c45)cc3C)c3cc(C(C)(C)C)cc1c32. The molecule has 4 heterocycles. The normalized spacial score (nSPS) is 13.7. The van der Waals surface area contributed by atoms with Crippen LogP contribution in [0.25, 0.3) is 60.6 Å². The second kappa shape index (κ2) is 17.4. The Kier molecular flexibility index (Phi) is 11.2. The molecule has 394 valence electrons. The summed E-state index contributed by atoms with van der Waals surface area (Å²) in [5, 5.41) is 4.84. The zero-order valence-electron chi connectivity index (χ0n) is 49.3. The van der Waals surface area contributed by atoms with E-state index in [1.807, 2.05) is 0 Å². The molecule has 4 nitrogen and oxygen atoms in total. The van der Waals surface area contributed by atoms with E-state index in [0.29, 0.717) is 0 Å².